The van der Waals surface area contributed by atoms with Gasteiger partial charge in [-0.1, -0.05) is 17.7 Å². The van der Waals surface area contributed by atoms with Crippen molar-refractivity contribution in [3.8, 4) is 0 Å². The van der Waals surface area contributed by atoms with Crippen LogP contribution in [-0.2, 0) is 20.9 Å². The Kier molecular flexibility index (Phi) is 7.03. The minimum atomic E-state index is -0.401. The van der Waals surface area contributed by atoms with Crippen molar-refractivity contribution in [3.63, 3.8) is 0 Å². The fraction of sp³-hybridized carbons (Fsp3) is 0.524. The molecular weight excluding hydrogens is 420 g/mol. The van der Waals surface area contributed by atoms with Crippen LogP contribution in [0.4, 0.5) is 5.69 Å². The summed E-state index contributed by atoms with van der Waals surface area (Å²) in [6.07, 6.45) is 5.60. The van der Waals surface area contributed by atoms with Gasteiger partial charge in [-0.15, -0.1) is 0 Å². The summed E-state index contributed by atoms with van der Waals surface area (Å²) >= 11 is 6.13. The Hall–Kier alpha value is -2.65. The van der Waals surface area contributed by atoms with E-state index in [1.165, 1.54) is 17.3 Å². The average molecular weight is 447 g/mol. The van der Waals surface area contributed by atoms with E-state index in [1.54, 1.807) is 0 Å². The third-order valence-electron chi connectivity index (χ3n) is 5.86. The number of carbonyl (C=O) groups is 2. The van der Waals surface area contributed by atoms with Crippen molar-refractivity contribution >= 4 is 29.2 Å². The van der Waals surface area contributed by atoms with E-state index in [0.717, 1.165) is 56.2 Å². The quantitative estimate of drug-likeness (QED) is 0.641. The molecule has 2 fully saturated rings. The number of aromatic nitrogens is 3. The molecule has 1 aromatic carbocycles. The molecule has 0 unspecified atom stereocenters. The van der Waals surface area contributed by atoms with Crippen molar-refractivity contribution in [2.75, 3.05) is 37.6 Å². The molecule has 31 heavy (non-hydrogen) atoms. The van der Waals surface area contributed by atoms with Gasteiger partial charge in [0.2, 0.25) is 5.91 Å². The first-order chi connectivity index (χ1) is 15.1. The zero-order chi connectivity index (χ0) is 21.6. The van der Waals surface area contributed by atoms with Gasteiger partial charge in [-0.05, 0) is 37.5 Å². The van der Waals surface area contributed by atoms with Gasteiger partial charge in [-0.3, -0.25) is 14.5 Å². The molecule has 1 aliphatic heterocycles. The highest BCUT2D eigenvalue weighted by atomic mass is 35.5. The Morgan fingerprint density at radius 2 is 2.03 bits per heavy atom. The van der Waals surface area contributed by atoms with Gasteiger partial charge in [0.1, 0.15) is 31.8 Å². The van der Waals surface area contributed by atoms with Crippen molar-refractivity contribution in [3.05, 3.63) is 41.9 Å². The highest BCUT2D eigenvalue weighted by Gasteiger charge is 2.36. The maximum absolute atomic E-state index is 12.3. The maximum Gasteiger partial charge on any atom is 0.325 e. The normalized spacial score (nSPS) is 21.8. The second-order valence-electron chi connectivity index (χ2n) is 7.90. The molecule has 1 amide bonds. The van der Waals surface area contributed by atoms with Gasteiger partial charge in [0, 0.05) is 42.9 Å². The number of benzene rings is 1. The molecule has 1 saturated heterocycles. The lowest BCUT2D eigenvalue weighted by molar-refractivity contribution is -0.151. The molecule has 1 saturated carbocycles. The Balaban J connectivity index is 1.22. The number of nitrogens with zero attached hydrogens (tertiary/aromatic N) is 5. The van der Waals surface area contributed by atoms with Crippen molar-refractivity contribution < 1.29 is 14.3 Å². The molecule has 0 radical (unpaired) electrons. The van der Waals surface area contributed by atoms with Crippen LogP contribution in [0.25, 0.3) is 0 Å². The predicted octanol–water partition coefficient (Wildman–Crippen LogP) is 1.33. The lowest BCUT2D eigenvalue weighted by atomic mass is 10.1. The smallest absolute Gasteiger partial charge is 0.325 e. The van der Waals surface area contributed by atoms with Gasteiger partial charge < -0.3 is 15.0 Å². The molecule has 10 heteroatoms. The summed E-state index contributed by atoms with van der Waals surface area (Å²) in [5, 5.41) is 7.20. The summed E-state index contributed by atoms with van der Waals surface area (Å²) < 4.78 is 7.13. The first kappa shape index (κ1) is 21.6. The molecular formula is C21H27ClN6O3. The Morgan fingerprint density at radius 1 is 1.19 bits per heavy atom. The number of halogens is 1. The molecule has 0 spiro atoms. The average Bonchev–Trinajstić information content (AvgIpc) is 3.45. The molecule has 1 aliphatic carbocycles. The molecule has 0 bridgehead atoms. The van der Waals surface area contributed by atoms with Crippen LogP contribution in [0.15, 0.2) is 36.9 Å². The predicted molar refractivity (Wildman–Crippen MR) is 116 cm³/mol. The van der Waals surface area contributed by atoms with Crippen LogP contribution in [0.5, 0.6) is 0 Å². The first-order valence-corrected chi connectivity index (χ1v) is 11.0. The third kappa shape index (κ3) is 5.74. The van der Waals surface area contributed by atoms with Crippen LogP contribution in [0.2, 0.25) is 5.02 Å². The van der Waals surface area contributed by atoms with Crippen molar-refractivity contribution in [2.24, 2.45) is 0 Å². The zero-order valence-electron chi connectivity index (χ0n) is 17.3. The number of hydrogen-bond acceptors (Lipinski definition) is 7. The van der Waals surface area contributed by atoms with E-state index in [9.17, 15) is 9.59 Å². The summed E-state index contributed by atoms with van der Waals surface area (Å²) in [4.78, 5) is 32.7. The van der Waals surface area contributed by atoms with E-state index in [2.05, 4.69) is 31.3 Å². The molecule has 2 aromatic rings. The SMILES string of the molecule is O=C(Cn1cncn1)NCC(=O)O[C@@H]1CCC[C@@H]1N1CCN(c2cccc(Cl)c2)CC1. The van der Waals surface area contributed by atoms with Gasteiger partial charge in [-0.25, -0.2) is 9.67 Å². The van der Waals surface area contributed by atoms with Gasteiger partial charge in [0.25, 0.3) is 0 Å². The van der Waals surface area contributed by atoms with Crippen LogP contribution in [-0.4, -0.2) is 76.4 Å². The number of ether oxygens (including phenoxy) is 1. The standard InChI is InChI=1S/C21H27ClN6O3/c22-16-3-1-4-17(11-16)26-7-9-27(10-8-26)18-5-2-6-19(18)31-21(30)12-24-20(29)13-28-15-23-14-25-28/h1,3-4,11,14-15,18-19H,2,5-10,12-13H2,(H,24,29)/t18-,19+/m0/s1. The molecule has 1 N–H and O–H groups in total. The zero-order valence-corrected chi connectivity index (χ0v) is 18.1. The fourth-order valence-corrected chi connectivity index (χ4v) is 4.53. The van der Waals surface area contributed by atoms with Crippen LogP contribution in [0.1, 0.15) is 19.3 Å². The first-order valence-electron chi connectivity index (χ1n) is 10.6. The summed E-state index contributed by atoms with van der Waals surface area (Å²) in [6, 6.07) is 8.17. The highest BCUT2D eigenvalue weighted by molar-refractivity contribution is 6.30. The minimum absolute atomic E-state index is 0.0240. The van der Waals surface area contributed by atoms with E-state index in [1.807, 2.05) is 18.2 Å². The Morgan fingerprint density at radius 3 is 2.77 bits per heavy atom. The monoisotopic (exact) mass is 446 g/mol. The number of anilines is 1. The summed E-state index contributed by atoms with van der Waals surface area (Å²) in [5.41, 5.74) is 1.14. The number of amides is 1. The van der Waals surface area contributed by atoms with Gasteiger partial charge in [0.05, 0.1) is 0 Å². The molecule has 2 aliphatic rings. The summed E-state index contributed by atoms with van der Waals surface area (Å²) in [5.74, 6) is -0.705. The van der Waals surface area contributed by atoms with Gasteiger partial charge >= 0.3 is 5.97 Å². The molecule has 2 atom stereocenters. The van der Waals surface area contributed by atoms with Gasteiger partial charge in [0.15, 0.2) is 0 Å². The Labute approximate surface area is 186 Å². The Bertz CT molecular complexity index is 885. The topological polar surface area (TPSA) is 92.6 Å². The number of esters is 1. The molecule has 4 rings (SSSR count). The second kappa shape index (κ2) is 10.1. The van der Waals surface area contributed by atoms with Crippen LogP contribution in [0, 0.1) is 0 Å². The molecule has 2 heterocycles. The van der Waals surface area contributed by atoms with Crippen molar-refractivity contribution in [2.45, 2.75) is 38.0 Å². The van der Waals surface area contributed by atoms with E-state index < -0.39 is 5.97 Å². The fourth-order valence-electron chi connectivity index (χ4n) is 4.34. The number of hydrogen-bond donors (Lipinski definition) is 1. The number of rotatable bonds is 7. The second-order valence-corrected chi connectivity index (χ2v) is 8.34. The maximum atomic E-state index is 12.3. The third-order valence-corrected chi connectivity index (χ3v) is 6.09. The van der Waals surface area contributed by atoms with E-state index >= 15 is 0 Å². The molecule has 9 nitrogen and oxygen atoms in total. The number of carbonyl (C=O) groups excluding carboxylic acids is 2. The van der Waals surface area contributed by atoms with Crippen LogP contribution < -0.4 is 10.2 Å². The molecule has 166 valence electrons. The van der Waals surface area contributed by atoms with Crippen molar-refractivity contribution in [1.29, 1.82) is 0 Å². The lowest BCUT2D eigenvalue weighted by Crippen LogP contribution is -2.53. The summed E-state index contributed by atoms with van der Waals surface area (Å²) in [7, 11) is 0. The van der Waals surface area contributed by atoms with Crippen molar-refractivity contribution in [1.82, 2.24) is 25.0 Å². The van der Waals surface area contributed by atoms with Gasteiger partial charge in [-0.2, -0.15) is 5.10 Å². The largest absolute Gasteiger partial charge is 0.459 e. The minimum Gasteiger partial charge on any atom is -0.459 e. The lowest BCUT2D eigenvalue weighted by Gasteiger charge is -2.40. The van der Waals surface area contributed by atoms with Crippen LogP contribution >= 0.6 is 11.6 Å². The van der Waals surface area contributed by atoms with E-state index in [0.29, 0.717) is 0 Å². The van der Waals surface area contributed by atoms with E-state index in [-0.39, 0.29) is 31.1 Å². The highest BCUT2D eigenvalue weighted by Crippen LogP contribution is 2.29. The van der Waals surface area contributed by atoms with Crippen LogP contribution in [0.3, 0.4) is 0 Å². The number of piperazine rings is 1. The summed E-state index contributed by atoms with van der Waals surface area (Å²) in [6.45, 7) is 3.54. The molecule has 1 aromatic heterocycles. The number of nitrogens with one attached hydrogen (secondary N) is 1. The van der Waals surface area contributed by atoms with E-state index in [4.69, 9.17) is 16.3 Å².